The molecule has 1 heterocycles. The SMILES string of the molecule is CCOCn1c(=O)oc2cc(Cl)ccc21. The second-order valence-corrected chi connectivity index (χ2v) is 3.47. The fourth-order valence-electron chi connectivity index (χ4n) is 1.35. The molecule has 0 saturated heterocycles. The monoisotopic (exact) mass is 227 g/mol. The number of halogens is 1. The quantitative estimate of drug-likeness (QED) is 0.808. The van der Waals surface area contributed by atoms with Crippen molar-refractivity contribution in [2.75, 3.05) is 6.61 Å². The number of hydrogen-bond donors (Lipinski definition) is 0. The number of fused-ring (bicyclic) bond motifs is 1. The molecule has 0 spiro atoms. The number of ether oxygens (including phenoxy) is 1. The molecule has 0 aliphatic rings. The van der Waals surface area contributed by atoms with E-state index in [2.05, 4.69) is 0 Å². The maximum Gasteiger partial charge on any atom is 0.421 e. The first-order valence-corrected chi connectivity index (χ1v) is 4.97. The Kier molecular flexibility index (Phi) is 2.79. The van der Waals surface area contributed by atoms with Gasteiger partial charge in [-0.05, 0) is 19.1 Å². The van der Waals surface area contributed by atoms with E-state index in [0.29, 0.717) is 22.7 Å². The molecule has 1 aromatic heterocycles. The van der Waals surface area contributed by atoms with Gasteiger partial charge in [0.2, 0.25) is 0 Å². The van der Waals surface area contributed by atoms with Crippen LogP contribution in [0.1, 0.15) is 6.92 Å². The van der Waals surface area contributed by atoms with E-state index < -0.39 is 5.76 Å². The van der Waals surface area contributed by atoms with Crippen LogP contribution in [0.15, 0.2) is 27.4 Å². The third-order valence-electron chi connectivity index (χ3n) is 2.05. The van der Waals surface area contributed by atoms with Gasteiger partial charge in [-0.15, -0.1) is 0 Å². The van der Waals surface area contributed by atoms with E-state index in [9.17, 15) is 4.79 Å². The molecule has 0 aliphatic carbocycles. The highest BCUT2D eigenvalue weighted by Crippen LogP contribution is 2.18. The van der Waals surface area contributed by atoms with Gasteiger partial charge in [0.05, 0.1) is 5.52 Å². The van der Waals surface area contributed by atoms with Crippen molar-refractivity contribution in [2.45, 2.75) is 13.7 Å². The van der Waals surface area contributed by atoms with Crippen molar-refractivity contribution < 1.29 is 9.15 Å². The van der Waals surface area contributed by atoms with E-state index in [0.717, 1.165) is 0 Å². The fourth-order valence-corrected chi connectivity index (χ4v) is 1.51. The molecule has 0 aliphatic heterocycles. The highest BCUT2D eigenvalue weighted by molar-refractivity contribution is 6.31. The van der Waals surface area contributed by atoms with Crippen molar-refractivity contribution >= 4 is 22.7 Å². The third-order valence-corrected chi connectivity index (χ3v) is 2.29. The molecular formula is C10H10ClNO3. The Bertz CT molecular complexity index is 529. The van der Waals surface area contributed by atoms with Crippen LogP contribution in [-0.4, -0.2) is 11.2 Å². The van der Waals surface area contributed by atoms with Crippen LogP contribution >= 0.6 is 11.6 Å². The number of aromatic nitrogens is 1. The second kappa shape index (κ2) is 4.08. The Balaban J connectivity index is 2.53. The van der Waals surface area contributed by atoms with E-state index in [1.54, 1.807) is 18.2 Å². The van der Waals surface area contributed by atoms with Crippen molar-refractivity contribution in [1.82, 2.24) is 4.57 Å². The molecule has 80 valence electrons. The van der Waals surface area contributed by atoms with Crippen molar-refractivity contribution in [3.05, 3.63) is 33.8 Å². The molecule has 0 amide bonds. The Hall–Kier alpha value is -1.26. The molecule has 0 fully saturated rings. The van der Waals surface area contributed by atoms with Gasteiger partial charge in [-0.3, -0.25) is 0 Å². The minimum absolute atomic E-state index is 0.198. The van der Waals surface area contributed by atoms with Gasteiger partial charge in [0.1, 0.15) is 6.73 Å². The normalized spacial score (nSPS) is 11.1. The lowest BCUT2D eigenvalue weighted by atomic mass is 10.3. The number of hydrogen-bond acceptors (Lipinski definition) is 3. The van der Waals surface area contributed by atoms with Gasteiger partial charge in [-0.25, -0.2) is 9.36 Å². The lowest BCUT2D eigenvalue weighted by Gasteiger charge is -2.00. The van der Waals surface area contributed by atoms with E-state index in [4.69, 9.17) is 20.8 Å². The van der Waals surface area contributed by atoms with Crippen molar-refractivity contribution in [1.29, 1.82) is 0 Å². The van der Waals surface area contributed by atoms with Gasteiger partial charge in [0, 0.05) is 17.7 Å². The van der Waals surface area contributed by atoms with Crippen molar-refractivity contribution in [3.63, 3.8) is 0 Å². The van der Waals surface area contributed by atoms with Gasteiger partial charge in [0.25, 0.3) is 0 Å². The van der Waals surface area contributed by atoms with Gasteiger partial charge in [-0.2, -0.15) is 0 Å². The average molecular weight is 228 g/mol. The molecule has 0 unspecified atom stereocenters. The smallest absolute Gasteiger partial charge is 0.408 e. The standard InChI is InChI=1S/C10H10ClNO3/c1-2-14-6-12-8-4-3-7(11)5-9(8)15-10(12)13/h3-5H,2,6H2,1H3. The van der Waals surface area contributed by atoms with Crippen LogP contribution in [0, 0.1) is 0 Å². The van der Waals surface area contributed by atoms with E-state index in [1.807, 2.05) is 6.92 Å². The minimum Gasteiger partial charge on any atom is -0.408 e. The summed E-state index contributed by atoms with van der Waals surface area (Å²) in [5.41, 5.74) is 1.17. The summed E-state index contributed by atoms with van der Waals surface area (Å²) < 4.78 is 11.6. The van der Waals surface area contributed by atoms with Gasteiger partial charge in [0.15, 0.2) is 5.58 Å². The average Bonchev–Trinajstić information content (AvgIpc) is 2.50. The van der Waals surface area contributed by atoms with Crippen LogP contribution in [0.5, 0.6) is 0 Å². The summed E-state index contributed by atoms with van der Waals surface area (Å²) in [4.78, 5) is 11.4. The number of rotatable bonds is 3. The largest absolute Gasteiger partial charge is 0.421 e. The Labute approximate surface area is 91.0 Å². The molecule has 0 bridgehead atoms. The summed E-state index contributed by atoms with van der Waals surface area (Å²) in [6.45, 7) is 2.61. The second-order valence-electron chi connectivity index (χ2n) is 3.03. The zero-order chi connectivity index (χ0) is 10.8. The van der Waals surface area contributed by atoms with Crippen LogP contribution < -0.4 is 5.76 Å². The van der Waals surface area contributed by atoms with Crippen molar-refractivity contribution in [2.24, 2.45) is 0 Å². The highest BCUT2D eigenvalue weighted by Gasteiger charge is 2.08. The van der Waals surface area contributed by atoms with E-state index >= 15 is 0 Å². The summed E-state index contributed by atoms with van der Waals surface area (Å²) in [6, 6.07) is 5.06. The Morgan fingerprint density at radius 1 is 1.53 bits per heavy atom. The fraction of sp³-hybridized carbons (Fsp3) is 0.300. The summed E-state index contributed by atoms with van der Waals surface area (Å²) in [5.74, 6) is -0.430. The first-order chi connectivity index (χ1) is 7.22. The van der Waals surface area contributed by atoms with E-state index in [1.165, 1.54) is 4.57 Å². The summed E-state index contributed by atoms with van der Waals surface area (Å²) in [5, 5.41) is 0.541. The molecule has 5 heteroatoms. The molecule has 0 N–H and O–H groups in total. The first-order valence-electron chi connectivity index (χ1n) is 4.59. The van der Waals surface area contributed by atoms with Crippen LogP contribution in [-0.2, 0) is 11.5 Å². The number of benzene rings is 1. The van der Waals surface area contributed by atoms with Crippen LogP contribution in [0.4, 0.5) is 0 Å². The highest BCUT2D eigenvalue weighted by atomic mass is 35.5. The van der Waals surface area contributed by atoms with Gasteiger partial charge < -0.3 is 9.15 Å². The van der Waals surface area contributed by atoms with Crippen LogP contribution in [0.3, 0.4) is 0 Å². The maximum atomic E-state index is 11.4. The molecule has 2 rings (SSSR count). The summed E-state index contributed by atoms with van der Waals surface area (Å²) >= 11 is 5.78. The molecule has 0 atom stereocenters. The maximum absolute atomic E-state index is 11.4. The van der Waals surface area contributed by atoms with Gasteiger partial charge >= 0.3 is 5.76 Å². The lowest BCUT2D eigenvalue weighted by Crippen LogP contribution is -2.15. The van der Waals surface area contributed by atoms with Crippen LogP contribution in [0.25, 0.3) is 11.1 Å². The zero-order valence-corrected chi connectivity index (χ0v) is 8.95. The molecular weight excluding hydrogens is 218 g/mol. The molecule has 2 aromatic rings. The zero-order valence-electron chi connectivity index (χ0n) is 8.20. The number of nitrogens with zero attached hydrogens (tertiary/aromatic N) is 1. The predicted octanol–water partition coefficient (Wildman–Crippen LogP) is 2.24. The Morgan fingerprint density at radius 3 is 3.07 bits per heavy atom. The molecule has 15 heavy (non-hydrogen) atoms. The van der Waals surface area contributed by atoms with Crippen molar-refractivity contribution in [3.8, 4) is 0 Å². The minimum atomic E-state index is -0.430. The third kappa shape index (κ3) is 1.91. The van der Waals surface area contributed by atoms with Gasteiger partial charge in [-0.1, -0.05) is 11.6 Å². The van der Waals surface area contributed by atoms with Crippen LogP contribution in [0.2, 0.25) is 5.02 Å². The molecule has 1 aromatic carbocycles. The topological polar surface area (TPSA) is 44.4 Å². The molecule has 0 radical (unpaired) electrons. The van der Waals surface area contributed by atoms with E-state index in [-0.39, 0.29) is 6.73 Å². The first kappa shape index (κ1) is 10.3. The Morgan fingerprint density at radius 2 is 2.33 bits per heavy atom. The molecule has 4 nitrogen and oxygen atoms in total. The molecule has 0 saturated carbocycles. The lowest BCUT2D eigenvalue weighted by molar-refractivity contribution is 0.0856. The predicted molar refractivity (Wildman–Crippen MR) is 57.1 cm³/mol. The summed E-state index contributed by atoms with van der Waals surface area (Å²) in [6.07, 6.45) is 0. The summed E-state index contributed by atoms with van der Waals surface area (Å²) in [7, 11) is 0. The number of oxazole rings is 1.